The Hall–Kier alpha value is -2.65. The summed E-state index contributed by atoms with van der Waals surface area (Å²) >= 11 is 0. The van der Waals surface area contributed by atoms with Crippen molar-refractivity contribution in [2.75, 3.05) is 20.1 Å². The molecule has 0 unspecified atom stereocenters. The maximum atomic E-state index is 13.3. The molecule has 0 spiro atoms. The van der Waals surface area contributed by atoms with Crippen molar-refractivity contribution >= 4 is 0 Å². The lowest BCUT2D eigenvalue weighted by atomic mass is 10.2. The number of morpholine rings is 1. The van der Waals surface area contributed by atoms with Crippen molar-refractivity contribution in [1.29, 1.82) is 0 Å². The fourth-order valence-electron chi connectivity index (χ4n) is 3.06. The number of hydrogen-bond donors (Lipinski definition) is 0. The third-order valence-corrected chi connectivity index (χ3v) is 4.15. The molecule has 3 aromatic rings. The Morgan fingerprint density at radius 2 is 2.12 bits per heavy atom. The fraction of sp³-hybridized carbons (Fsp3) is 0.412. The zero-order chi connectivity index (χ0) is 18.1. The van der Waals surface area contributed by atoms with Crippen LogP contribution < -0.4 is 0 Å². The highest BCUT2D eigenvalue weighted by molar-refractivity contribution is 5.43. The molecular formula is C17H19FN6O2. The number of halogens is 1. The van der Waals surface area contributed by atoms with Crippen LogP contribution in [0.5, 0.6) is 0 Å². The van der Waals surface area contributed by atoms with E-state index in [1.54, 1.807) is 16.9 Å². The summed E-state index contributed by atoms with van der Waals surface area (Å²) in [5.41, 5.74) is 1.26. The summed E-state index contributed by atoms with van der Waals surface area (Å²) < 4.78 is 26.5. The van der Waals surface area contributed by atoms with E-state index in [-0.39, 0.29) is 23.9 Å². The third-order valence-electron chi connectivity index (χ3n) is 4.15. The van der Waals surface area contributed by atoms with E-state index in [1.807, 2.05) is 20.0 Å². The van der Waals surface area contributed by atoms with E-state index < -0.39 is 0 Å². The van der Waals surface area contributed by atoms with Crippen LogP contribution in [0.2, 0.25) is 0 Å². The zero-order valence-electron chi connectivity index (χ0n) is 14.5. The minimum atomic E-state index is -0.281. The highest BCUT2D eigenvalue weighted by Crippen LogP contribution is 2.25. The van der Waals surface area contributed by atoms with Crippen LogP contribution in [-0.4, -0.2) is 56.3 Å². The topological polar surface area (TPSA) is 82.1 Å². The van der Waals surface area contributed by atoms with Crippen LogP contribution >= 0.6 is 0 Å². The first-order valence-electron chi connectivity index (χ1n) is 8.39. The van der Waals surface area contributed by atoms with E-state index in [9.17, 15) is 4.39 Å². The Morgan fingerprint density at radius 1 is 1.23 bits per heavy atom. The fourth-order valence-corrected chi connectivity index (χ4v) is 3.06. The summed E-state index contributed by atoms with van der Waals surface area (Å²) in [6.45, 7) is 3.97. The van der Waals surface area contributed by atoms with Crippen LogP contribution in [0.4, 0.5) is 4.39 Å². The molecule has 2 aromatic heterocycles. The van der Waals surface area contributed by atoms with Crippen molar-refractivity contribution < 1.29 is 13.5 Å². The lowest BCUT2D eigenvalue weighted by Gasteiger charge is -2.32. The molecule has 0 N–H and O–H groups in total. The number of benzene rings is 1. The molecule has 1 aromatic carbocycles. The van der Waals surface area contributed by atoms with Gasteiger partial charge in [-0.15, -0.1) is 15.3 Å². The molecule has 0 radical (unpaired) electrons. The first-order valence-corrected chi connectivity index (χ1v) is 8.39. The lowest BCUT2D eigenvalue weighted by Crippen LogP contribution is -2.40. The largest absolute Gasteiger partial charge is 0.416 e. The molecule has 1 aliphatic heterocycles. The maximum Gasteiger partial charge on any atom is 0.269 e. The van der Waals surface area contributed by atoms with E-state index >= 15 is 0 Å². The summed E-state index contributed by atoms with van der Waals surface area (Å²) in [6, 6.07) is 6.36. The number of ether oxygens (including phenoxy) is 1. The number of aromatic nitrogens is 5. The van der Waals surface area contributed by atoms with Gasteiger partial charge in [0.2, 0.25) is 5.89 Å². The van der Waals surface area contributed by atoms with Gasteiger partial charge in [-0.2, -0.15) is 0 Å². The van der Waals surface area contributed by atoms with Gasteiger partial charge in [-0.3, -0.25) is 0 Å². The van der Waals surface area contributed by atoms with Gasteiger partial charge in [-0.25, -0.2) is 9.07 Å². The second-order valence-electron chi connectivity index (χ2n) is 6.53. The summed E-state index contributed by atoms with van der Waals surface area (Å²) in [5, 5.41) is 16.3. The first kappa shape index (κ1) is 16.8. The van der Waals surface area contributed by atoms with Crippen LogP contribution in [0.1, 0.15) is 24.5 Å². The molecule has 136 valence electrons. The van der Waals surface area contributed by atoms with E-state index in [4.69, 9.17) is 9.15 Å². The van der Waals surface area contributed by atoms with E-state index in [0.29, 0.717) is 24.7 Å². The van der Waals surface area contributed by atoms with Crippen molar-refractivity contribution in [3.63, 3.8) is 0 Å². The van der Waals surface area contributed by atoms with Gasteiger partial charge in [0.15, 0.2) is 5.69 Å². The highest BCUT2D eigenvalue weighted by atomic mass is 19.1. The number of nitrogens with zero attached hydrogens (tertiary/aromatic N) is 6. The molecule has 0 saturated carbocycles. The molecule has 26 heavy (non-hydrogen) atoms. The van der Waals surface area contributed by atoms with E-state index in [2.05, 4.69) is 25.4 Å². The van der Waals surface area contributed by atoms with Crippen molar-refractivity contribution in [2.24, 2.45) is 0 Å². The van der Waals surface area contributed by atoms with Crippen LogP contribution in [0.25, 0.3) is 11.6 Å². The lowest BCUT2D eigenvalue weighted by molar-refractivity contribution is -0.0821. The highest BCUT2D eigenvalue weighted by Gasteiger charge is 2.29. The summed E-state index contributed by atoms with van der Waals surface area (Å²) in [6.07, 6.45) is 1.53. The van der Waals surface area contributed by atoms with Gasteiger partial charge in [0, 0.05) is 13.1 Å². The predicted molar refractivity (Wildman–Crippen MR) is 89.6 cm³/mol. The monoisotopic (exact) mass is 358 g/mol. The smallest absolute Gasteiger partial charge is 0.269 e. The molecule has 0 aliphatic carbocycles. The van der Waals surface area contributed by atoms with Crippen molar-refractivity contribution in [2.45, 2.75) is 25.7 Å². The van der Waals surface area contributed by atoms with E-state index in [0.717, 1.165) is 12.1 Å². The standard InChI is InChI=1S/C17H19FN6O2/c1-11-7-23(2)10-15(25-11)17-21-20-16(26-17)14-9-24(22-19-14)8-12-4-3-5-13(18)6-12/h3-6,9,11,15H,7-8,10H2,1-2H3/t11-,15-/m1/s1. The number of likely N-dealkylation sites (N-methyl/N-ethyl adjacent to an activating group) is 1. The molecule has 2 atom stereocenters. The minimum Gasteiger partial charge on any atom is -0.416 e. The maximum absolute atomic E-state index is 13.3. The molecule has 0 amide bonds. The summed E-state index contributed by atoms with van der Waals surface area (Å²) in [7, 11) is 2.03. The Kier molecular flexibility index (Phi) is 4.48. The van der Waals surface area contributed by atoms with Crippen molar-refractivity contribution in [1.82, 2.24) is 30.1 Å². The molecule has 8 nitrogen and oxygen atoms in total. The van der Waals surface area contributed by atoms with Gasteiger partial charge < -0.3 is 14.1 Å². The number of rotatable bonds is 4. The third kappa shape index (κ3) is 3.63. The Bertz CT molecular complexity index is 885. The minimum absolute atomic E-state index is 0.0984. The van der Waals surface area contributed by atoms with Crippen molar-refractivity contribution in [3.8, 4) is 11.6 Å². The number of hydrogen-bond acceptors (Lipinski definition) is 7. The molecule has 0 bridgehead atoms. The van der Waals surface area contributed by atoms with Crippen LogP contribution in [0.15, 0.2) is 34.9 Å². The van der Waals surface area contributed by atoms with Gasteiger partial charge >= 0.3 is 0 Å². The molecule has 1 aliphatic rings. The predicted octanol–water partition coefficient (Wildman–Crippen LogP) is 1.91. The zero-order valence-corrected chi connectivity index (χ0v) is 14.5. The van der Waals surface area contributed by atoms with Gasteiger partial charge in [0.05, 0.1) is 18.8 Å². The van der Waals surface area contributed by atoms with E-state index in [1.165, 1.54) is 12.1 Å². The normalized spacial score (nSPS) is 21.2. The molecule has 1 fully saturated rings. The average Bonchev–Trinajstić information content (AvgIpc) is 3.23. The molecule has 3 heterocycles. The van der Waals surface area contributed by atoms with Gasteiger partial charge in [-0.05, 0) is 31.7 Å². The van der Waals surface area contributed by atoms with Crippen LogP contribution in [0.3, 0.4) is 0 Å². The quantitative estimate of drug-likeness (QED) is 0.704. The van der Waals surface area contributed by atoms with Gasteiger partial charge in [0.25, 0.3) is 5.89 Å². The molecule has 9 heteroatoms. The Morgan fingerprint density at radius 3 is 2.92 bits per heavy atom. The van der Waals surface area contributed by atoms with Gasteiger partial charge in [0.1, 0.15) is 11.9 Å². The second kappa shape index (κ2) is 6.93. The van der Waals surface area contributed by atoms with Crippen LogP contribution in [-0.2, 0) is 11.3 Å². The summed E-state index contributed by atoms with van der Waals surface area (Å²) in [4.78, 5) is 2.16. The average molecular weight is 358 g/mol. The SMILES string of the molecule is C[C@@H]1CN(C)C[C@H](c2nnc(-c3cn(Cc4cccc(F)c4)nn3)o2)O1. The first-order chi connectivity index (χ1) is 12.6. The summed E-state index contributed by atoms with van der Waals surface area (Å²) in [5.74, 6) is 0.434. The Labute approximate surface area is 149 Å². The molecule has 1 saturated heterocycles. The second-order valence-corrected chi connectivity index (χ2v) is 6.53. The van der Waals surface area contributed by atoms with Crippen molar-refractivity contribution in [3.05, 3.63) is 47.7 Å². The van der Waals surface area contributed by atoms with Gasteiger partial charge in [-0.1, -0.05) is 17.3 Å². The van der Waals surface area contributed by atoms with Crippen LogP contribution in [0, 0.1) is 5.82 Å². The Balaban J connectivity index is 1.49. The molecular weight excluding hydrogens is 339 g/mol. The molecule has 4 rings (SSSR count).